The van der Waals surface area contributed by atoms with E-state index < -0.39 is 10.2 Å². The van der Waals surface area contributed by atoms with Gasteiger partial charge in [-0.1, -0.05) is 0 Å². The summed E-state index contributed by atoms with van der Waals surface area (Å²) >= 11 is 0. The van der Waals surface area contributed by atoms with Crippen LogP contribution in [0.3, 0.4) is 0 Å². The standard InChI is InChI=1S/C17H29N3O5S/c21-17(14-1-2-14)20(15-4-9-24-10-5-15)16-3-6-19(13-16)26(22,23)18-7-11-25-12-8-18/h14-16H,1-13H2. The summed E-state index contributed by atoms with van der Waals surface area (Å²) in [7, 11) is -3.47. The van der Waals surface area contributed by atoms with Crippen LogP contribution in [0.15, 0.2) is 0 Å². The molecule has 9 heteroatoms. The van der Waals surface area contributed by atoms with E-state index in [0.29, 0.717) is 52.6 Å². The van der Waals surface area contributed by atoms with Gasteiger partial charge in [0.2, 0.25) is 5.91 Å². The average Bonchev–Trinajstić information content (AvgIpc) is 3.41. The Labute approximate surface area is 155 Å². The first-order chi connectivity index (χ1) is 12.6. The minimum absolute atomic E-state index is 0.0120. The number of hydrogen-bond acceptors (Lipinski definition) is 5. The lowest BCUT2D eigenvalue weighted by atomic mass is 10.0. The zero-order valence-electron chi connectivity index (χ0n) is 15.2. The summed E-state index contributed by atoms with van der Waals surface area (Å²) in [5.41, 5.74) is 0. The quantitative estimate of drug-likeness (QED) is 0.666. The summed E-state index contributed by atoms with van der Waals surface area (Å²) in [5, 5.41) is 0. The van der Waals surface area contributed by atoms with E-state index in [0.717, 1.165) is 32.1 Å². The molecule has 0 aromatic heterocycles. The lowest BCUT2D eigenvalue weighted by Crippen LogP contribution is -2.52. The molecule has 26 heavy (non-hydrogen) atoms. The van der Waals surface area contributed by atoms with Crippen LogP contribution in [0.2, 0.25) is 0 Å². The number of nitrogens with zero attached hydrogens (tertiary/aromatic N) is 3. The van der Waals surface area contributed by atoms with Crippen molar-refractivity contribution >= 4 is 16.1 Å². The van der Waals surface area contributed by atoms with Crippen LogP contribution in [0.4, 0.5) is 0 Å². The largest absolute Gasteiger partial charge is 0.381 e. The highest BCUT2D eigenvalue weighted by Crippen LogP contribution is 2.35. The molecule has 0 aromatic carbocycles. The summed E-state index contributed by atoms with van der Waals surface area (Å²) in [4.78, 5) is 15.0. The van der Waals surface area contributed by atoms with E-state index in [4.69, 9.17) is 9.47 Å². The first-order valence-corrected chi connectivity index (χ1v) is 11.2. The number of carbonyl (C=O) groups is 1. The Kier molecular flexibility index (Phi) is 5.52. The minimum atomic E-state index is -3.47. The van der Waals surface area contributed by atoms with Gasteiger partial charge in [0.1, 0.15) is 0 Å². The van der Waals surface area contributed by atoms with Crippen LogP contribution >= 0.6 is 0 Å². The molecule has 0 bridgehead atoms. The Balaban J connectivity index is 1.46. The van der Waals surface area contributed by atoms with Crippen LogP contribution in [-0.4, -0.2) is 92.5 Å². The zero-order chi connectivity index (χ0) is 18.1. The van der Waals surface area contributed by atoms with Crippen molar-refractivity contribution in [3.05, 3.63) is 0 Å². The molecule has 148 valence electrons. The average molecular weight is 388 g/mol. The summed E-state index contributed by atoms with van der Waals surface area (Å²) in [6, 6.07) is 0.176. The number of carbonyl (C=O) groups excluding carboxylic acids is 1. The molecule has 3 heterocycles. The molecule has 8 nitrogen and oxygen atoms in total. The van der Waals surface area contributed by atoms with Gasteiger partial charge in [0.05, 0.1) is 13.2 Å². The van der Waals surface area contributed by atoms with Gasteiger partial charge >= 0.3 is 0 Å². The van der Waals surface area contributed by atoms with Crippen molar-refractivity contribution in [1.29, 1.82) is 0 Å². The molecule has 0 N–H and O–H groups in total. The van der Waals surface area contributed by atoms with Crippen LogP contribution < -0.4 is 0 Å². The lowest BCUT2D eigenvalue weighted by Gasteiger charge is -2.39. The van der Waals surface area contributed by atoms with Crippen molar-refractivity contribution < 1.29 is 22.7 Å². The first-order valence-electron chi connectivity index (χ1n) is 9.80. The van der Waals surface area contributed by atoms with E-state index in [2.05, 4.69) is 0 Å². The molecule has 3 aliphatic heterocycles. The monoisotopic (exact) mass is 387 g/mol. The van der Waals surface area contributed by atoms with Crippen LogP contribution in [0.5, 0.6) is 0 Å². The Morgan fingerprint density at radius 2 is 1.46 bits per heavy atom. The van der Waals surface area contributed by atoms with Crippen molar-refractivity contribution in [2.45, 2.75) is 44.2 Å². The Bertz CT molecular complexity index is 612. The van der Waals surface area contributed by atoms with Gasteiger partial charge in [0.25, 0.3) is 10.2 Å². The predicted octanol–water partition coefficient (Wildman–Crippen LogP) is 0.0553. The number of hydrogen-bond donors (Lipinski definition) is 0. The molecule has 1 atom stereocenters. The first kappa shape index (κ1) is 18.6. The van der Waals surface area contributed by atoms with Crippen molar-refractivity contribution in [3.63, 3.8) is 0 Å². The topological polar surface area (TPSA) is 79.4 Å². The fourth-order valence-electron chi connectivity index (χ4n) is 4.25. The van der Waals surface area contributed by atoms with Gasteiger partial charge in [-0.25, -0.2) is 0 Å². The van der Waals surface area contributed by atoms with E-state index in [1.165, 1.54) is 4.31 Å². The summed E-state index contributed by atoms with van der Waals surface area (Å²) < 4.78 is 39.7. The van der Waals surface area contributed by atoms with Gasteiger partial charge < -0.3 is 14.4 Å². The molecule has 4 aliphatic rings. The molecule has 1 unspecified atom stereocenters. The third kappa shape index (κ3) is 3.77. The predicted molar refractivity (Wildman–Crippen MR) is 94.7 cm³/mol. The van der Waals surface area contributed by atoms with E-state index in [-0.39, 0.29) is 23.9 Å². The Hall–Kier alpha value is -0.740. The summed E-state index contributed by atoms with van der Waals surface area (Å²) in [5.74, 6) is 0.385. The molecule has 0 spiro atoms. The van der Waals surface area contributed by atoms with Gasteiger partial charge in [0, 0.05) is 57.4 Å². The van der Waals surface area contributed by atoms with Crippen LogP contribution in [0.1, 0.15) is 32.1 Å². The van der Waals surface area contributed by atoms with Gasteiger partial charge in [-0.05, 0) is 32.1 Å². The zero-order valence-corrected chi connectivity index (χ0v) is 16.0. The molecule has 1 saturated carbocycles. The number of amides is 1. The molecule has 1 amide bonds. The highest BCUT2D eigenvalue weighted by Gasteiger charge is 2.44. The number of ether oxygens (including phenoxy) is 2. The van der Waals surface area contributed by atoms with E-state index >= 15 is 0 Å². The maximum atomic E-state index is 12.9. The number of rotatable bonds is 5. The molecular weight excluding hydrogens is 358 g/mol. The lowest BCUT2D eigenvalue weighted by molar-refractivity contribution is -0.139. The summed E-state index contributed by atoms with van der Waals surface area (Å²) in [6.45, 7) is 3.98. The molecule has 3 saturated heterocycles. The van der Waals surface area contributed by atoms with Crippen LogP contribution in [0.25, 0.3) is 0 Å². The highest BCUT2D eigenvalue weighted by atomic mass is 32.2. The Morgan fingerprint density at radius 3 is 2.12 bits per heavy atom. The van der Waals surface area contributed by atoms with Crippen molar-refractivity contribution in [2.24, 2.45) is 5.92 Å². The van der Waals surface area contributed by atoms with E-state index in [1.54, 1.807) is 4.31 Å². The fourth-order valence-corrected chi connectivity index (χ4v) is 5.88. The van der Waals surface area contributed by atoms with Crippen molar-refractivity contribution in [3.8, 4) is 0 Å². The fraction of sp³-hybridized carbons (Fsp3) is 0.941. The molecule has 4 rings (SSSR count). The molecule has 4 fully saturated rings. The molecule has 0 radical (unpaired) electrons. The second kappa shape index (κ2) is 7.71. The second-order valence-corrected chi connectivity index (χ2v) is 9.61. The van der Waals surface area contributed by atoms with Crippen molar-refractivity contribution in [1.82, 2.24) is 13.5 Å². The third-order valence-electron chi connectivity index (χ3n) is 5.91. The summed E-state index contributed by atoms with van der Waals surface area (Å²) in [6.07, 6.45) is 4.37. The third-order valence-corrected chi connectivity index (χ3v) is 7.91. The van der Waals surface area contributed by atoms with Crippen molar-refractivity contribution in [2.75, 3.05) is 52.6 Å². The van der Waals surface area contributed by atoms with E-state index in [9.17, 15) is 13.2 Å². The van der Waals surface area contributed by atoms with Gasteiger partial charge in [-0.15, -0.1) is 0 Å². The Morgan fingerprint density at radius 1 is 0.808 bits per heavy atom. The smallest absolute Gasteiger partial charge is 0.282 e. The molecule has 1 aliphatic carbocycles. The van der Waals surface area contributed by atoms with E-state index in [1.807, 2.05) is 4.90 Å². The number of morpholine rings is 1. The van der Waals surface area contributed by atoms with Gasteiger partial charge in [0.15, 0.2) is 0 Å². The maximum Gasteiger partial charge on any atom is 0.282 e. The normalized spacial score (nSPS) is 29.8. The van der Waals surface area contributed by atoms with Gasteiger partial charge in [-0.2, -0.15) is 17.0 Å². The molecule has 0 aromatic rings. The maximum absolute atomic E-state index is 12.9. The second-order valence-electron chi connectivity index (χ2n) is 7.68. The molecular formula is C17H29N3O5S. The van der Waals surface area contributed by atoms with Crippen LogP contribution in [0, 0.1) is 5.92 Å². The van der Waals surface area contributed by atoms with Crippen LogP contribution in [-0.2, 0) is 24.5 Å². The highest BCUT2D eigenvalue weighted by molar-refractivity contribution is 7.86. The SMILES string of the molecule is O=C(C1CC1)N(C1CCOCC1)C1CCN(S(=O)(=O)N2CCOCC2)C1. The van der Waals surface area contributed by atoms with Gasteiger partial charge in [-0.3, -0.25) is 4.79 Å². The minimum Gasteiger partial charge on any atom is -0.381 e.